The first-order valence-corrected chi connectivity index (χ1v) is 4.80. The lowest BCUT2D eigenvalue weighted by Gasteiger charge is -1.95. The van der Waals surface area contributed by atoms with E-state index in [4.69, 9.17) is 0 Å². The molecule has 0 bridgehead atoms. The molecule has 1 aromatic rings. The molecule has 0 aliphatic carbocycles. The summed E-state index contributed by atoms with van der Waals surface area (Å²) in [5.74, 6) is -0.192. The van der Waals surface area contributed by atoms with Crippen molar-refractivity contribution in [3.8, 4) is 0 Å². The number of carbonyl (C=O) groups is 1. The van der Waals surface area contributed by atoms with Gasteiger partial charge in [-0.3, -0.25) is 14.8 Å². The summed E-state index contributed by atoms with van der Waals surface area (Å²) in [4.78, 5) is 19.0. The predicted molar refractivity (Wildman–Crippen MR) is 57.9 cm³/mol. The molecule has 0 spiro atoms. The van der Waals surface area contributed by atoms with Crippen molar-refractivity contribution in [2.24, 2.45) is 4.99 Å². The van der Waals surface area contributed by atoms with Gasteiger partial charge in [0.05, 0.1) is 12.8 Å². The molecule has 0 N–H and O–H groups in total. The average molecular weight is 206 g/mol. The van der Waals surface area contributed by atoms with E-state index in [1.165, 1.54) is 7.11 Å². The number of esters is 1. The third-order valence-electron chi connectivity index (χ3n) is 1.81. The van der Waals surface area contributed by atoms with Crippen LogP contribution in [-0.4, -0.2) is 30.8 Å². The Balaban J connectivity index is 2.20. The zero-order valence-electron chi connectivity index (χ0n) is 8.72. The Morgan fingerprint density at radius 1 is 1.60 bits per heavy atom. The first kappa shape index (κ1) is 11.4. The maximum absolute atomic E-state index is 10.8. The summed E-state index contributed by atoms with van der Waals surface area (Å²) in [5, 5.41) is 0. The molecule has 0 aliphatic rings. The molecule has 1 aromatic heterocycles. The largest absolute Gasteiger partial charge is 0.469 e. The van der Waals surface area contributed by atoms with Gasteiger partial charge in [0, 0.05) is 25.4 Å². The van der Waals surface area contributed by atoms with Crippen LogP contribution in [-0.2, 0) is 9.53 Å². The van der Waals surface area contributed by atoms with E-state index < -0.39 is 0 Å². The summed E-state index contributed by atoms with van der Waals surface area (Å²) < 4.78 is 4.51. The van der Waals surface area contributed by atoms with Crippen molar-refractivity contribution in [1.29, 1.82) is 0 Å². The molecule has 0 unspecified atom stereocenters. The number of aromatic nitrogens is 1. The molecule has 0 saturated heterocycles. The molecule has 0 atom stereocenters. The summed E-state index contributed by atoms with van der Waals surface area (Å²) in [7, 11) is 1.39. The molecule has 0 amide bonds. The molecular formula is C11H14N2O2. The fourth-order valence-electron chi connectivity index (χ4n) is 1.03. The zero-order valence-corrected chi connectivity index (χ0v) is 8.72. The Morgan fingerprint density at radius 2 is 2.47 bits per heavy atom. The predicted octanol–water partition coefficient (Wildman–Crippen LogP) is 1.45. The minimum absolute atomic E-state index is 0.192. The highest BCUT2D eigenvalue weighted by Gasteiger charge is 1.97. The van der Waals surface area contributed by atoms with E-state index in [0.29, 0.717) is 19.4 Å². The normalized spacial score (nSPS) is 10.5. The summed E-state index contributed by atoms with van der Waals surface area (Å²) in [5.41, 5.74) is 0.829. The van der Waals surface area contributed by atoms with Crippen molar-refractivity contribution < 1.29 is 9.53 Å². The van der Waals surface area contributed by atoms with E-state index in [1.54, 1.807) is 12.4 Å². The lowest BCUT2D eigenvalue weighted by Crippen LogP contribution is -2.00. The number of pyridine rings is 1. The first-order chi connectivity index (χ1) is 7.33. The van der Waals surface area contributed by atoms with Gasteiger partial charge < -0.3 is 4.74 Å². The Labute approximate surface area is 89.0 Å². The van der Waals surface area contributed by atoms with Gasteiger partial charge in [-0.15, -0.1) is 0 Å². The molecule has 0 radical (unpaired) electrons. The highest BCUT2D eigenvalue weighted by Crippen LogP contribution is 1.93. The number of hydrogen-bond donors (Lipinski definition) is 0. The van der Waals surface area contributed by atoms with Crippen molar-refractivity contribution in [3.63, 3.8) is 0 Å². The lowest BCUT2D eigenvalue weighted by molar-refractivity contribution is -0.140. The van der Waals surface area contributed by atoms with Gasteiger partial charge in [0.2, 0.25) is 0 Å². The molecule has 80 valence electrons. The molecule has 4 heteroatoms. The molecule has 4 nitrogen and oxygen atoms in total. The fourth-order valence-corrected chi connectivity index (χ4v) is 1.03. The summed E-state index contributed by atoms with van der Waals surface area (Å²) in [6.07, 6.45) is 4.54. The van der Waals surface area contributed by atoms with Crippen molar-refractivity contribution in [1.82, 2.24) is 4.98 Å². The Hall–Kier alpha value is -1.71. The van der Waals surface area contributed by atoms with Gasteiger partial charge in [-0.05, 0) is 18.6 Å². The smallest absolute Gasteiger partial charge is 0.305 e. The maximum atomic E-state index is 10.8. The van der Waals surface area contributed by atoms with Crippen LogP contribution in [0, 0.1) is 0 Å². The molecule has 0 fully saturated rings. The third kappa shape index (κ3) is 4.90. The average Bonchev–Trinajstić information content (AvgIpc) is 2.29. The van der Waals surface area contributed by atoms with Crippen molar-refractivity contribution in [3.05, 3.63) is 30.1 Å². The van der Waals surface area contributed by atoms with Gasteiger partial charge in [-0.25, -0.2) is 0 Å². The second kappa shape index (κ2) is 6.70. The SMILES string of the molecule is COC(=O)CCCN=Cc1ccccn1. The number of rotatable bonds is 5. The van der Waals surface area contributed by atoms with Crippen molar-refractivity contribution >= 4 is 12.2 Å². The van der Waals surface area contributed by atoms with Crippen LogP contribution < -0.4 is 0 Å². The van der Waals surface area contributed by atoms with Gasteiger partial charge in [0.1, 0.15) is 0 Å². The topological polar surface area (TPSA) is 51.5 Å². The summed E-state index contributed by atoms with van der Waals surface area (Å²) >= 11 is 0. The Kier molecular flexibility index (Phi) is 5.08. The molecule has 0 aliphatic heterocycles. The molecule has 1 rings (SSSR count). The van der Waals surface area contributed by atoms with Crippen molar-refractivity contribution in [2.75, 3.05) is 13.7 Å². The Morgan fingerprint density at radius 3 is 3.13 bits per heavy atom. The van der Waals surface area contributed by atoms with Crippen LogP contribution in [0.1, 0.15) is 18.5 Å². The van der Waals surface area contributed by atoms with E-state index in [0.717, 1.165) is 5.69 Å². The van der Waals surface area contributed by atoms with Crippen LogP contribution in [0.3, 0.4) is 0 Å². The van der Waals surface area contributed by atoms with Crippen LogP contribution >= 0.6 is 0 Å². The maximum Gasteiger partial charge on any atom is 0.305 e. The summed E-state index contributed by atoms with van der Waals surface area (Å²) in [6.45, 7) is 0.617. The number of ether oxygens (including phenoxy) is 1. The molecule has 15 heavy (non-hydrogen) atoms. The van der Waals surface area contributed by atoms with Crippen LogP contribution in [0.2, 0.25) is 0 Å². The van der Waals surface area contributed by atoms with Crippen LogP contribution in [0.4, 0.5) is 0 Å². The van der Waals surface area contributed by atoms with E-state index in [-0.39, 0.29) is 5.97 Å². The molecular weight excluding hydrogens is 192 g/mol. The molecule has 0 saturated carbocycles. The lowest BCUT2D eigenvalue weighted by atomic mass is 10.3. The van der Waals surface area contributed by atoms with Gasteiger partial charge in [0.15, 0.2) is 0 Å². The molecule has 0 aromatic carbocycles. The van der Waals surface area contributed by atoms with Gasteiger partial charge in [-0.1, -0.05) is 6.07 Å². The fraction of sp³-hybridized carbons (Fsp3) is 0.364. The zero-order chi connectivity index (χ0) is 10.9. The number of nitrogens with zero attached hydrogens (tertiary/aromatic N) is 2. The number of carbonyl (C=O) groups excluding carboxylic acids is 1. The number of methoxy groups -OCH3 is 1. The second-order valence-corrected chi connectivity index (χ2v) is 2.97. The standard InChI is InChI=1S/C11H14N2O2/c1-15-11(14)6-4-7-12-9-10-5-2-3-8-13-10/h2-3,5,8-9H,4,6-7H2,1H3. The highest BCUT2D eigenvalue weighted by atomic mass is 16.5. The van der Waals surface area contributed by atoms with E-state index in [9.17, 15) is 4.79 Å². The van der Waals surface area contributed by atoms with Crippen LogP contribution in [0.25, 0.3) is 0 Å². The second-order valence-electron chi connectivity index (χ2n) is 2.97. The van der Waals surface area contributed by atoms with Gasteiger partial charge in [-0.2, -0.15) is 0 Å². The van der Waals surface area contributed by atoms with E-state index in [2.05, 4.69) is 14.7 Å². The van der Waals surface area contributed by atoms with Gasteiger partial charge >= 0.3 is 5.97 Å². The van der Waals surface area contributed by atoms with E-state index >= 15 is 0 Å². The van der Waals surface area contributed by atoms with Gasteiger partial charge in [0.25, 0.3) is 0 Å². The summed E-state index contributed by atoms with van der Waals surface area (Å²) in [6, 6.07) is 5.64. The minimum Gasteiger partial charge on any atom is -0.469 e. The monoisotopic (exact) mass is 206 g/mol. The minimum atomic E-state index is -0.192. The number of hydrogen-bond acceptors (Lipinski definition) is 4. The van der Waals surface area contributed by atoms with Crippen LogP contribution in [0.15, 0.2) is 29.4 Å². The third-order valence-corrected chi connectivity index (χ3v) is 1.81. The van der Waals surface area contributed by atoms with Crippen LogP contribution in [0.5, 0.6) is 0 Å². The van der Waals surface area contributed by atoms with Crippen molar-refractivity contribution in [2.45, 2.75) is 12.8 Å². The number of aliphatic imine (C=N–C) groups is 1. The highest BCUT2D eigenvalue weighted by molar-refractivity contribution is 5.76. The molecule has 1 heterocycles. The first-order valence-electron chi connectivity index (χ1n) is 4.80. The Bertz CT molecular complexity index is 323. The quantitative estimate of drug-likeness (QED) is 0.416. The van der Waals surface area contributed by atoms with E-state index in [1.807, 2.05) is 18.2 Å².